The molecule has 33 heavy (non-hydrogen) atoms. The summed E-state index contributed by atoms with van der Waals surface area (Å²) in [5.74, 6) is 0.319. The van der Waals surface area contributed by atoms with Gasteiger partial charge in [0.05, 0.1) is 5.75 Å². The zero-order chi connectivity index (χ0) is 23.5. The molecule has 1 atom stereocenters. The molecule has 6 heteroatoms. The van der Waals surface area contributed by atoms with Gasteiger partial charge < -0.3 is 10.2 Å². The van der Waals surface area contributed by atoms with Gasteiger partial charge in [-0.2, -0.15) is 0 Å². The third-order valence-electron chi connectivity index (χ3n) is 5.23. The van der Waals surface area contributed by atoms with Crippen molar-refractivity contribution in [2.24, 2.45) is 0 Å². The molecule has 4 nitrogen and oxygen atoms in total. The number of nitrogens with one attached hydrogen (secondary N) is 1. The molecule has 172 valence electrons. The quantitative estimate of drug-likeness (QED) is 0.442. The van der Waals surface area contributed by atoms with Crippen molar-refractivity contribution in [1.29, 1.82) is 0 Å². The van der Waals surface area contributed by atoms with E-state index in [0.717, 1.165) is 16.7 Å². The van der Waals surface area contributed by atoms with Crippen molar-refractivity contribution >= 4 is 23.6 Å². The first-order chi connectivity index (χ1) is 16.1. The highest BCUT2D eigenvalue weighted by Gasteiger charge is 2.30. The van der Waals surface area contributed by atoms with Gasteiger partial charge in [0.25, 0.3) is 0 Å². The summed E-state index contributed by atoms with van der Waals surface area (Å²) in [6.07, 6.45) is 0.406. The smallest absolute Gasteiger partial charge is 0.243 e. The van der Waals surface area contributed by atoms with E-state index >= 15 is 0 Å². The van der Waals surface area contributed by atoms with Gasteiger partial charge in [0.15, 0.2) is 0 Å². The minimum Gasteiger partial charge on any atom is -0.355 e. The fourth-order valence-electron chi connectivity index (χ4n) is 3.55. The molecule has 0 heterocycles. The number of carbonyl (C=O) groups is 2. The van der Waals surface area contributed by atoms with Crippen molar-refractivity contribution in [3.63, 3.8) is 0 Å². The minimum absolute atomic E-state index is 0.118. The van der Waals surface area contributed by atoms with Crippen LogP contribution in [0.5, 0.6) is 0 Å². The van der Waals surface area contributed by atoms with E-state index in [1.54, 1.807) is 17.0 Å². The lowest BCUT2D eigenvalue weighted by Crippen LogP contribution is -2.51. The Morgan fingerprint density at radius 3 is 2.09 bits per heavy atom. The number of amides is 2. The molecule has 0 spiro atoms. The summed E-state index contributed by atoms with van der Waals surface area (Å²) in [5.41, 5.74) is 2.90. The van der Waals surface area contributed by atoms with E-state index in [9.17, 15) is 14.0 Å². The summed E-state index contributed by atoms with van der Waals surface area (Å²) >= 11 is 1.52. The largest absolute Gasteiger partial charge is 0.355 e. The third kappa shape index (κ3) is 7.75. The third-order valence-corrected chi connectivity index (χ3v) is 6.21. The highest BCUT2D eigenvalue weighted by Crippen LogP contribution is 2.18. The Morgan fingerprint density at radius 1 is 0.879 bits per heavy atom. The molecule has 1 N–H and O–H groups in total. The topological polar surface area (TPSA) is 49.4 Å². The van der Waals surface area contributed by atoms with Gasteiger partial charge in [-0.3, -0.25) is 9.59 Å². The predicted octanol–water partition coefficient (Wildman–Crippen LogP) is 4.84. The Bertz CT molecular complexity index is 1010. The second-order valence-electron chi connectivity index (χ2n) is 7.73. The van der Waals surface area contributed by atoms with Crippen molar-refractivity contribution in [2.45, 2.75) is 31.7 Å². The van der Waals surface area contributed by atoms with Crippen LogP contribution in [0.3, 0.4) is 0 Å². The minimum atomic E-state index is -0.665. The molecule has 0 saturated heterocycles. The Morgan fingerprint density at radius 2 is 1.48 bits per heavy atom. The average Bonchev–Trinajstić information content (AvgIpc) is 2.84. The van der Waals surface area contributed by atoms with Crippen molar-refractivity contribution < 1.29 is 14.0 Å². The zero-order valence-electron chi connectivity index (χ0n) is 18.7. The Balaban J connectivity index is 1.81. The molecule has 0 aliphatic carbocycles. The Hall–Kier alpha value is -3.12. The van der Waals surface area contributed by atoms with E-state index in [4.69, 9.17) is 0 Å². The lowest BCUT2D eigenvalue weighted by Gasteiger charge is -2.31. The number of hydrogen-bond acceptors (Lipinski definition) is 3. The van der Waals surface area contributed by atoms with Gasteiger partial charge in [0.2, 0.25) is 11.8 Å². The molecule has 0 bridgehead atoms. The monoisotopic (exact) mass is 464 g/mol. The Kier molecular flexibility index (Phi) is 9.51. The van der Waals surface area contributed by atoms with Crippen molar-refractivity contribution in [2.75, 3.05) is 12.3 Å². The van der Waals surface area contributed by atoms with Gasteiger partial charge in [0.1, 0.15) is 11.9 Å². The molecule has 0 saturated carbocycles. The number of carbonyl (C=O) groups excluding carboxylic acids is 2. The van der Waals surface area contributed by atoms with E-state index in [0.29, 0.717) is 18.7 Å². The van der Waals surface area contributed by atoms with Gasteiger partial charge in [-0.1, -0.05) is 72.8 Å². The normalized spacial score (nSPS) is 11.6. The molecule has 3 rings (SSSR count). The van der Waals surface area contributed by atoms with Gasteiger partial charge in [-0.05, 0) is 35.7 Å². The van der Waals surface area contributed by atoms with Crippen molar-refractivity contribution in [1.82, 2.24) is 10.2 Å². The number of hydrogen-bond donors (Lipinski definition) is 1. The van der Waals surface area contributed by atoms with Crippen LogP contribution in [0.25, 0.3) is 0 Å². The van der Waals surface area contributed by atoms with Crippen LogP contribution in [0.2, 0.25) is 0 Å². The zero-order valence-corrected chi connectivity index (χ0v) is 19.6. The molecule has 3 aromatic rings. The molecule has 0 aliphatic rings. The maximum absolute atomic E-state index is 13.4. The van der Waals surface area contributed by atoms with Gasteiger partial charge in [0, 0.05) is 25.3 Å². The highest BCUT2D eigenvalue weighted by atomic mass is 32.2. The van der Waals surface area contributed by atoms with Crippen LogP contribution in [-0.4, -0.2) is 35.1 Å². The summed E-state index contributed by atoms with van der Waals surface area (Å²) in [6.45, 7) is 2.57. The highest BCUT2D eigenvalue weighted by molar-refractivity contribution is 7.99. The summed E-state index contributed by atoms with van der Waals surface area (Å²) in [4.78, 5) is 28.1. The maximum atomic E-state index is 13.4. The SMILES string of the molecule is CCNC(=O)[C@H](Cc1ccccc1)N(Cc1ccc(F)cc1)C(=O)CSCc1ccccc1. The van der Waals surface area contributed by atoms with Gasteiger partial charge >= 0.3 is 0 Å². The maximum Gasteiger partial charge on any atom is 0.243 e. The molecule has 0 fully saturated rings. The molecule has 0 unspecified atom stereocenters. The van der Waals surface area contributed by atoms with Crippen LogP contribution >= 0.6 is 11.8 Å². The lowest BCUT2D eigenvalue weighted by atomic mass is 10.0. The molecular formula is C27H29FN2O2S. The van der Waals surface area contributed by atoms with Crippen LogP contribution in [0.1, 0.15) is 23.6 Å². The second-order valence-corrected chi connectivity index (χ2v) is 8.71. The van der Waals surface area contributed by atoms with Crippen molar-refractivity contribution in [3.8, 4) is 0 Å². The van der Waals surface area contributed by atoms with Gasteiger partial charge in [-0.25, -0.2) is 4.39 Å². The second kappa shape index (κ2) is 12.8. The number of benzene rings is 3. The molecule has 2 amide bonds. The molecule has 0 radical (unpaired) electrons. The Labute approximate surface area is 199 Å². The summed E-state index contributed by atoms with van der Waals surface area (Å²) in [5, 5.41) is 2.88. The van der Waals surface area contributed by atoms with Crippen molar-refractivity contribution in [3.05, 3.63) is 107 Å². The summed E-state index contributed by atoms with van der Waals surface area (Å²) in [6, 6.07) is 25.0. The molecule has 0 aliphatic heterocycles. The average molecular weight is 465 g/mol. The molecule has 3 aromatic carbocycles. The van der Waals surface area contributed by atoms with Crippen LogP contribution in [0.4, 0.5) is 4.39 Å². The number of likely N-dealkylation sites (N-methyl/N-ethyl adjacent to an activating group) is 1. The fraction of sp³-hybridized carbons (Fsp3) is 0.259. The number of thioether (sulfide) groups is 1. The predicted molar refractivity (Wildman–Crippen MR) is 132 cm³/mol. The van der Waals surface area contributed by atoms with Crippen LogP contribution in [0, 0.1) is 5.82 Å². The van der Waals surface area contributed by atoms with E-state index in [2.05, 4.69) is 5.32 Å². The first-order valence-corrected chi connectivity index (χ1v) is 12.2. The number of halogens is 1. The van der Waals surface area contributed by atoms with Gasteiger partial charge in [-0.15, -0.1) is 11.8 Å². The lowest BCUT2D eigenvalue weighted by molar-refractivity contribution is -0.139. The van der Waals surface area contributed by atoms with E-state index in [1.807, 2.05) is 67.6 Å². The van der Waals surface area contributed by atoms with E-state index < -0.39 is 6.04 Å². The fourth-order valence-corrected chi connectivity index (χ4v) is 4.42. The van der Waals surface area contributed by atoms with Crippen LogP contribution < -0.4 is 5.32 Å². The number of rotatable bonds is 11. The van der Waals surface area contributed by atoms with E-state index in [1.165, 1.54) is 23.9 Å². The number of nitrogens with zero attached hydrogens (tertiary/aromatic N) is 1. The first kappa shape index (κ1) is 24.5. The van der Waals surface area contributed by atoms with Crippen LogP contribution in [-0.2, 0) is 28.3 Å². The first-order valence-electron chi connectivity index (χ1n) is 11.0. The van der Waals surface area contributed by atoms with Crippen LogP contribution in [0.15, 0.2) is 84.9 Å². The standard InChI is InChI=1S/C27H29FN2O2S/c1-2-29-27(32)25(17-21-9-5-3-6-10-21)30(18-22-13-15-24(28)16-14-22)26(31)20-33-19-23-11-7-4-8-12-23/h3-16,25H,2,17-20H2,1H3,(H,29,32)/t25-/m0/s1. The summed E-state index contributed by atoms with van der Waals surface area (Å²) in [7, 11) is 0. The van der Waals surface area contributed by atoms with E-state index in [-0.39, 0.29) is 29.9 Å². The summed E-state index contributed by atoms with van der Waals surface area (Å²) < 4.78 is 13.4. The molecular weight excluding hydrogens is 435 g/mol. The molecule has 0 aromatic heterocycles.